The Morgan fingerprint density at radius 2 is 2.33 bits per heavy atom. The SMILES string of the molecule is Nc1ncccc1C1CCC1O. The lowest BCUT2D eigenvalue weighted by molar-refractivity contribution is 0.0663. The average molecular weight is 164 g/mol. The molecule has 3 heteroatoms. The Kier molecular flexibility index (Phi) is 1.73. The van der Waals surface area contributed by atoms with Crippen LogP contribution in [0.25, 0.3) is 0 Å². The highest BCUT2D eigenvalue weighted by molar-refractivity contribution is 5.42. The second-order valence-electron chi connectivity index (χ2n) is 3.23. The van der Waals surface area contributed by atoms with E-state index in [0.29, 0.717) is 5.82 Å². The maximum absolute atomic E-state index is 9.40. The van der Waals surface area contributed by atoms with E-state index in [-0.39, 0.29) is 12.0 Å². The smallest absolute Gasteiger partial charge is 0.126 e. The summed E-state index contributed by atoms with van der Waals surface area (Å²) in [5.74, 6) is 0.778. The molecule has 2 unspecified atom stereocenters. The summed E-state index contributed by atoms with van der Waals surface area (Å²) in [4.78, 5) is 3.98. The van der Waals surface area contributed by atoms with Crippen LogP contribution in [0.2, 0.25) is 0 Å². The number of aliphatic hydroxyl groups is 1. The third-order valence-corrected chi connectivity index (χ3v) is 2.51. The van der Waals surface area contributed by atoms with Crippen molar-refractivity contribution in [2.45, 2.75) is 24.9 Å². The molecule has 1 aliphatic rings. The van der Waals surface area contributed by atoms with E-state index in [9.17, 15) is 5.11 Å². The number of hydrogen-bond donors (Lipinski definition) is 2. The lowest BCUT2D eigenvalue weighted by atomic mass is 9.77. The first-order valence-electron chi connectivity index (χ1n) is 4.17. The van der Waals surface area contributed by atoms with E-state index in [1.165, 1.54) is 0 Å². The molecular formula is C9H12N2O. The van der Waals surface area contributed by atoms with Crippen molar-refractivity contribution >= 4 is 5.82 Å². The number of nitrogens with two attached hydrogens (primary N) is 1. The van der Waals surface area contributed by atoms with Crippen LogP contribution in [0, 0.1) is 0 Å². The average Bonchev–Trinajstić information content (AvgIpc) is 2.06. The van der Waals surface area contributed by atoms with Crippen LogP contribution in [0.5, 0.6) is 0 Å². The first-order chi connectivity index (χ1) is 5.79. The molecule has 3 nitrogen and oxygen atoms in total. The summed E-state index contributed by atoms with van der Waals surface area (Å²) in [6.45, 7) is 0. The van der Waals surface area contributed by atoms with Crippen molar-refractivity contribution in [2.75, 3.05) is 5.73 Å². The van der Waals surface area contributed by atoms with E-state index in [1.807, 2.05) is 12.1 Å². The highest BCUT2D eigenvalue weighted by Gasteiger charge is 2.31. The minimum absolute atomic E-state index is 0.212. The van der Waals surface area contributed by atoms with E-state index >= 15 is 0 Å². The lowest BCUT2D eigenvalue weighted by Crippen LogP contribution is -2.29. The Balaban J connectivity index is 2.27. The molecule has 0 saturated heterocycles. The molecule has 3 N–H and O–H groups in total. The van der Waals surface area contributed by atoms with Crippen LogP contribution >= 0.6 is 0 Å². The number of nitrogens with zero attached hydrogens (tertiary/aromatic N) is 1. The summed E-state index contributed by atoms with van der Waals surface area (Å²) in [7, 11) is 0. The van der Waals surface area contributed by atoms with Gasteiger partial charge in [-0.1, -0.05) is 6.07 Å². The number of anilines is 1. The van der Waals surface area contributed by atoms with Crippen LogP contribution in [0.1, 0.15) is 24.3 Å². The summed E-state index contributed by atoms with van der Waals surface area (Å²) in [6.07, 6.45) is 3.37. The monoisotopic (exact) mass is 164 g/mol. The van der Waals surface area contributed by atoms with Gasteiger partial charge in [0.1, 0.15) is 5.82 Å². The number of rotatable bonds is 1. The molecule has 2 atom stereocenters. The van der Waals surface area contributed by atoms with E-state index in [4.69, 9.17) is 5.73 Å². The molecular weight excluding hydrogens is 152 g/mol. The van der Waals surface area contributed by atoms with Gasteiger partial charge in [0, 0.05) is 12.1 Å². The van der Waals surface area contributed by atoms with Crippen LogP contribution in [-0.4, -0.2) is 16.2 Å². The second-order valence-corrected chi connectivity index (χ2v) is 3.23. The van der Waals surface area contributed by atoms with Gasteiger partial charge in [0.25, 0.3) is 0 Å². The Morgan fingerprint density at radius 1 is 1.50 bits per heavy atom. The van der Waals surface area contributed by atoms with E-state index in [0.717, 1.165) is 18.4 Å². The Bertz CT molecular complexity index is 288. The number of hydrogen-bond acceptors (Lipinski definition) is 3. The molecule has 1 saturated carbocycles. The van der Waals surface area contributed by atoms with Crippen LogP contribution < -0.4 is 5.73 Å². The quantitative estimate of drug-likeness (QED) is 0.648. The first kappa shape index (κ1) is 7.55. The summed E-state index contributed by atoms with van der Waals surface area (Å²) in [5.41, 5.74) is 6.67. The predicted molar refractivity (Wildman–Crippen MR) is 46.6 cm³/mol. The third kappa shape index (κ3) is 1.06. The minimum atomic E-state index is -0.212. The van der Waals surface area contributed by atoms with Gasteiger partial charge >= 0.3 is 0 Å². The molecule has 0 radical (unpaired) electrons. The normalized spacial score (nSPS) is 28.1. The molecule has 1 aliphatic carbocycles. The maximum Gasteiger partial charge on any atom is 0.126 e. The lowest BCUT2D eigenvalue weighted by Gasteiger charge is -2.32. The van der Waals surface area contributed by atoms with Crippen LogP contribution in [0.3, 0.4) is 0 Å². The van der Waals surface area contributed by atoms with Crippen molar-refractivity contribution in [2.24, 2.45) is 0 Å². The van der Waals surface area contributed by atoms with Crippen molar-refractivity contribution in [3.63, 3.8) is 0 Å². The minimum Gasteiger partial charge on any atom is -0.392 e. The molecule has 0 amide bonds. The molecule has 2 rings (SSSR count). The van der Waals surface area contributed by atoms with Crippen molar-refractivity contribution in [3.8, 4) is 0 Å². The molecule has 1 fully saturated rings. The van der Waals surface area contributed by atoms with Crippen molar-refractivity contribution in [1.29, 1.82) is 0 Å². The van der Waals surface area contributed by atoms with E-state index in [1.54, 1.807) is 6.20 Å². The van der Waals surface area contributed by atoms with Gasteiger partial charge in [-0.05, 0) is 24.5 Å². The predicted octanol–water partition coefficient (Wildman–Crippen LogP) is 0.902. The van der Waals surface area contributed by atoms with Gasteiger partial charge in [-0.3, -0.25) is 0 Å². The highest BCUT2D eigenvalue weighted by Crippen LogP contribution is 2.38. The topological polar surface area (TPSA) is 59.1 Å². The molecule has 0 spiro atoms. The van der Waals surface area contributed by atoms with E-state index in [2.05, 4.69) is 4.98 Å². The fourth-order valence-corrected chi connectivity index (χ4v) is 1.59. The van der Waals surface area contributed by atoms with Gasteiger partial charge in [-0.15, -0.1) is 0 Å². The van der Waals surface area contributed by atoms with Crippen LogP contribution in [-0.2, 0) is 0 Å². The van der Waals surface area contributed by atoms with Gasteiger partial charge in [0.15, 0.2) is 0 Å². The van der Waals surface area contributed by atoms with Gasteiger partial charge in [0.05, 0.1) is 6.10 Å². The van der Waals surface area contributed by atoms with Gasteiger partial charge in [-0.25, -0.2) is 4.98 Å². The van der Waals surface area contributed by atoms with Crippen LogP contribution in [0.15, 0.2) is 18.3 Å². The fraction of sp³-hybridized carbons (Fsp3) is 0.444. The first-order valence-corrected chi connectivity index (χ1v) is 4.17. The van der Waals surface area contributed by atoms with Crippen molar-refractivity contribution in [3.05, 3.63) is 23.9 Å². The Labute approximate surface area is 71.2 Å². The molecule has 1 heterocycles. The Morgan fingerprint density at radius 3 is 2.83 bits per heavy atom. The van der Waals surface area contributed by atoms with Crippen LogP contribution in [0.4, 0.5) is 5.82 Å². The zero-order valence-electron chi connectivity index (χ0n) is 6.77. The number of aliphatic hydroxyl groups excluding tert-OH is 1. The summed E-state index contributed by atoms with van der Waals surface area (Å²) >= 11 is 0. The summed E-state index contributed by atoms with van der Waals surface area (Å²) in [5, 5.41) is 9.40. The maximum atomic E-state index is 9.40. The van der Waals surface area contributed by atoms with Gasteiger partial charge < -0.3 is 10.8 Å². The molecule has 1 aromatic rings. The zero-order chi connectivity index (χ0) is 8.55. The number of aromatic nitrogens is 1. The summed E-state index contributed by atoms with van der Waals surface area (Å²) < 4.78 is 0. The molecule has 0 aromatic carbocycles. The second kappa shape index (κ2) is 2.75. The largest absolute Gasteiger partial charge is 0.392 e. The van der Waals surface area contributed by atoms with Gasteiger partial charge in [0.2, 0.25) is 0 Å². The molecule has 12 heavy (non-hydrogen) atoms. The number of pyridine rings is 1. The standard InChI is InChI=1S/C9H12N2O/c10-9-7(2-1-5-11-9)6-3-4-8(6)12/h1-2,5-6,8,12H,3-4H2,(H2,10,11). The summed E-state index contributed by atoms with van der Waals surface area (Å²) in [6, 6.07) is 3.80. The van der Waals surface area contributed by atoms with Crippen molar-refractivity contribution < 1.29 is 5.11 Å². The third-order valence-electron chi connectivity index (χ3n) is 2.51. The van der Waals surface area contributed by atoms with Crippen molar-refractivity contribution in [1.82, 2.24) is 4.98 Å². The molecule has 64 valence electrons. The zero-order valence-corrected chi connectivity index (χ0v) is 6.77. The van der Waals surface area contributed by atoms with E-state index < -0.39 is 0 Å². The molecule has 1 aromatic heterocycles. The number of nitrogen functional groups attached to an aromatic ring is 1. The fourth-order valence-electron chi connectivity index (χ4n) is 1.59. The molecule has 0 bridgehead atoms. The Hall–Kier alpha value is -1.09. The van der Waals surface area contributed by atoms with Gasteiger partial charge in [-0.2, -0.15) is 0 Å². The molecule has 0 aliphatic heterocycles. The highest BCUT2D eigenvalue weighted by atomic mass is 16.3.